The Balaban J connectivity index is 2.18. The summed E-state index contributed by atoms with van der Waals surface area (Å²) in [6, 6.07) is 8.58. The van der Waals surface area contributed by atoms with E-state index >= 15 is 0 Å². The van der Waals surface area contributed by atoms with E-state index in [4.69, 9.17) is 19.6 Å². The highest BCUT2D eigenvalue weighted by atomic mass is 16.5. The summed E-state index contributed by atoms with van der Waals surface area (Å²) in [5, 5.41) is 2.69. The first-order valence-corrected chi connectivity index (χ1v) is 6.46. The van der Waals surface area contributed by atoms with Gasteiger partial charge < -0.3 is 24.9 Å². The molecule has 0 aliphatic rings. The molecule has 0 radical (unpaired) electrons. The second-order valence-corrected chi connectivity index (χ2v) is 4.37. The second-order valence-electron chi connectivity index (χ2n) is 4.37. The molecule has 2 rings (SSSR count). The zero-order valence-corrected chi connectivity index (χ0v) is 12.0. The quantitative estimate of drug-likeness (QED) is 0.627. The summed E-state index contributed by atoms with van der Waals surface area (Å²) in [6.07, 6.45) is 0. The van der Waals surface area contributed by atoms with Gasteiger partial charge in [-0.1, -0.05) is 0 Å². The van der Waals surface area contributed by atoms with Crippen molar-refractivity contribution in [2.45, 2.75) is 0 Å². The van der Waals surface area contributed by atoms with Crippen molar-refractivity contribution in [3.8, 4) is 17.1 Å². The molecule has 0 unspecified atom stereocenters. The van der Waals surface area contributed by atoms with Crippen LogP contribution >= 0.6 is 0 Å². The molecule has 2 aromatic rings. The van der Waals surface area contributed by atoms with Gasteiger partial charge in [-0.2, -0.15) is 0 Å². The van der Waals surface area contributed by atoms with E-state index < -0.39 is 0 Å². The molecule has 21 heavy (non-hydrogen) atoms. The average Bonchev–Trinajstić information content (AvgIpc) is 2.97. The van der Waals surface area contributed by atoms with E-state index in [-0.39, 0.29) is 11.7 Å². The van der Waals surface area contributed by atoms with Crippen molar-refractivity contribution >= 4 is 11.6 Å². The van der Waals surface area contributed by atoms with Crippen molar-refractivity contribution in [2.24, 2.45) is 0 Å². The van der Waals surface area contributed by atoms with Crippen LogP contribution in [0.2, 0.25) is 0 Å². The number of anilines is 1. The largest absolute Gasteiger partial charge is 0.496 e. The summed E-state index contributed by atoms with van der Waals surface area (Å²) in [6.45, 7) is 0.877. The number of carbonyl (C=O) groups excluding carboxylic acids is 1. The third kappa shape index (κ3) is 3.55. The van der Waals surface area contributed by atoms with Crippen molar-refractivity contribution < 1.29 is 18.7 Å². The number of hydrogen-bond acceptors (Lipinski definition) is 5. The maximum Gasteiger partial charge on any atom is 0.287 e. The molecule has 0 aliphatic heterocycles. The zero-order valence-electron chi connectivity index (χ0n) is 12.0. The molecule has 1 heterocycles. The fourth-order valence-electron chi connectivity index (χ4n) is 1.87. The van der Waals surface area contributed by atoms with Crippen molar-refractivity contribution in [2.75, 3.05) is 33.1 Å². The molecule has 0 fully saturated rings. The van der Waals surface area contributed by atoms with E-state index in [9.17, 15) is 4.79 Å². The number of nitrogens with two attached hydrogens (primary N) is 1. The Kier molecular flexibility index (Phi) is 4.84. The van der Waals surface area contributed by atoms with E-state index in [0.29, 0.717) is 30.3 Å². The van der Waals surface area contributed by atoms with Crippen LogP contribution in [0, 0.1) is 0 Å². The molecule has 112 valence electrons. The number of carbonyl (C=O) groups is 1. The number of furan rings is 1. The number of amides is 1. The summed E-state index contributed by atoms with van der Waals surface area (Å²) in [5.74, 6) is 1.09. The standard InChI is InChI=1S/C15H18N2O4/c1-19-8-7-17-15(18)13-6-5-12(21-13)11-4-3-10(16)9-14(11)20-2/h3-6,9H,7-8,16H2,1-2H3,(H,17,18). The van der Waals surface area contributed by atoms with Crippen LogP contribution in [0.15, 0.2) is 34.7 Å². The van der Waals surface area contributed by atoms with Crippen molar-refractivity contribution in [3.63, 3.8) is 0 Å². The highest BCUT2D eigenvalue weighted by Crippen LogP contribution is 2.32. The monoisotopic (exact) mass is 290 g/mol. The van der Waals surface area contributed by atoms with Crippen LogP contribution in [0.4, 0.5) is 5.69 Å². The molecule has 3 N–H and O–H groups in total. The molecule has 6 heteroatoms. The fourth-order valence-corrected chi connectivity index (χ4v) is 1.87. The van der Waals surface area contributed by atoms with E-state index in [0.717, 1.165) is 5.56 Å². The van der Waals surface area contributed by atoms with Gasteiger partial charge >= 0.3 is 0 Å². The van der Waals surface area contributed by atoms with Crippen LogP contribution in [0.5, 0.6) is 5.75 Å². The Morgan fingerprint density at radius 2 is 2.10 bits per heavy atom. The Hall–Kier alpha value is -2.47. The van der Waals surface area contributed by atoms with Gasteiger partial charge in [0.05, 0.1) is 19.3 Å². The first kappa shape index (κ1) is 14.9. The van der Waals surface area contributed by atoms with Gasteiger partial charge in [0.25, 0.3) is 5.91 Å². The second kappa shape index (κ2) is 6.81. The molecule has 1 aromatic carbocycles. The van der Waals surface area contributed by atoms with Crippen LogP contribution in [0.3, 0.4) is 0 Å². The number of nitrogen functional groups attached to an aromatic ring is 1. The maximum absolute atomic E-state index is 11.9. The zero-order chi connectivity index (χ0) is 15.2. The first-order chi connectivity index (χ1) is 10.2. The number of nitrogens with one attached hydrogen (secondary N) is 1. The van der Waals surface area contributed by atoms with Gasteiger partial charge in [0.2, 0.25) is 0 Å². The summed E-state index contributed by atoms with van der Waals surface area (Å²) in [5.41, 5.74) is 7.05. The lowest BCUT2D eigenvalue weighted by atomic mass is 10.1. The van der Waals surface area contributed by atoms with Gasteiger partial charge in [0, 0.05) is 25.4 Å². The Morgan fingerprint density at radius 3 is 2.81 bits per heavy atom. The van der Waals surface area contributed by atoms with Gasteiger partial charge in [-0.15, -0.1) is 0 Å². The van der Waals surface area contributed by atoms with Gasteiger partial charge in [0.1, 0.15) is 11.5 Å². The van der Waals surface area contributed by atoms with Crippen LogP contribution in [0.25, 0.3) is 11.3 Å². The summed E-state index contributed by atoms with van der Waals surface area (Å²) in [7, 11) is 3.13. The van der Waals surface area contributed by atoms with E-state index in [1.807, 2.05) is 0 Å². The summed E-state index contributed by atoms with van der Waals surface area (Å²) >= 11 is 0. The van der Waals surface area contributed by atoms with Crippen molar-refractivity contribution in [3.05, 3.63) is 36.1 Å². The van der Waals surface area contributed by atoms with Gasteiger partial charge in [-0.05, 0) is 24.3 Å². The Labute approximate surface area is 122 Å². The molecule has 0 saturated heterocycles. The Bertz CT molecular complexity index is 622. The lowest BCUT2D eigenvalue weighted by Gasteiger charge is -2.07. The van der Waals surface area contributed by atoms with Gasteiger partial charge in [0.15, 0.2) is 5.76 Å². The number of rotatable bonds is 6. The summed E-state index contributed by atoms with van der Waals surface area (Å²) in [4.78, 5) is 11.9. The fraction of sp³-hybridized carbons (Fsp3) is 0.267. The predicted molar refractivity (Wildman–Crippen MR) is 79.3 cm³/mol. The maximum atomic E-state index is 11.9. The third-order valence-corrected chi connectivity index (χ3v) is 2.91. The van der Waals surface area contributed by atoms with Crippen molar-refractivity contribution in [1.82, 2.24) is 5.32 Å². The molecule has 0 aliphatic carbocycles. The lowest BCUT2D eigenvalue weighted by molar-refractivity contribution is 0.0910. The predicted octanol–water partition coefficient (Wildman–Crippen LogP) is 1.91. The van der Waals surface area contributed by atoms with E-state index in [1.165, 1.54) is 0 Å². The molecule has 1 aromatic heterocycles. The number of methoxy groups -OCH3 is 2. The minimum Gasteiger partial charge on any atom is -0.496 e. The number of ether oxygens (including phenoxy) is 2. The molecule has 0 saturated carbocycles. The molecule has 0 atom stereocenters. The topological polar surface area (TPSA) is 86.7 Å². The number of benzene rings is 1. The molecule has 6 nitrogen and oxygen atoms in total. The van der Waals surface area contributed by atoms with Crippen LogP contribution in [-0.4, -0.2) is 33.3 Å². The summed E-state index contributed by atoms with van der Waals surface area (Å²) < 4.78 is 15.7. The molecule has 0 bridgehead atoms. The minimum atomic E-state index is -0.285. The SMILES string of the molecule is COCCNC(=O)c1ccc(-c2ccc(N)cc2OC)o1. The van der Waals surface area contributed by atoms with Crippen LogP contribution in [-0.2, 0) is 4.74 Å². The van der Waals surface area contributed by atoms with E-state index in [1.54, 1.807) is 44.6 Å². The molecular weight excluding hydrogens is 272 g/mol. The lowest BCUT2D eigenvalue weighted by Crippen LogP contribution is -2.26. The first-order valence-electron chi connectivity index (χ1n) is 6.46. The highest BCUT2D eigenvalue weighted by Gasteiger charge is 2.14. The van der Waals surface area contributed by atoms with Crippen LogP contribution in [0.1, 0.15) is 10.6 Å². The molecular formula is C15H18N2O4. The Morgan fingerprint density at radius 1 is 1.29 bits per heavy atom. The smallest absolute Gasteiger partial charge is 0.287 e. The minimum absolute atomic E-state index is 0.236. The van der Waals surface area contributed by atoms with Gasteiger partial charge in [-0.25, -0.2) is 0 Å². The normalized spacial score (nSPS) is 10.4. The highest BCUT2D eigenvalue weighted by molar-refractivity contribution is 5.92. The molecule has 1 amide bonds. The average molecular weight is 290 g/mol. The number of hydrogen-bond donors (Lipinski definition) is 2. The van der Waals surface area contributed by atoms with E-state index in [2.05, 4.69) is 5.32 Å². The van der Waals surface area contributed by atoms with Crippen molar-refractivity contribution in [1.29, 1.82) is 0 Å². The van der Waals surface area contributed by atoms with Crippen LogP contribution < -0.4 is 15.8 Å². The molecule has 0 spiro atoms. The van der Waals surface area contributed by atoms with Gasteiger partial charge in [-0.3, -0.25) is 4.79 Å². The third-order valence-electron chi connectivity index (χ3n) is 2.91.